The van der Waals surface area contributed by atoms with E-state index in [4.69, 9.17) is 0 Å². The minimum absolute atomic E-state index is 0.103. The lowest BCUT2D eigenvalue weighted by atomic mass is 10.1. The van der Waals surface area contributed by atoms with Crippen molar-refractivity contribution in [1.82, 2.24) is 14.8 Å². The van der Waals surface area contributed by atoms with Gasteiger partial charge in [-0.25, -0.2) is 0 Å². The van der Waals surface area contributed by atoms with Crippen LogP contribution in [0.1, 0.15) is 5.56 Å². The number of para-hydroxylation sites is 1. The van der Waals surface area contributed by atoms with E-state index in [1.165, 1.54) is 0 Å². The maximum atomic E-state index is 12.5. The third-order valence-electron chi connectivity index (χ3n) is 4.40. The molecule has 0 saturated carbocycles. The number of aromatic amines is 2. The maximum Gasteiger partial charge on any atom is 0.272 e. The Kier molecular flexibility index (Phi) is 3.69. The number of aryl methyl sites for hydroxylation is 1. The number of hydrogen-bond acceptors (Lipinski definition) is 3. The number of nitrogens with zero attached hydrogens (tertiary/aromatic N) is 1. The van der Waals surface area contributed by atoms with Crippen LogP contribution in [0, 0.1) is 6.92 Å². The number of anilines is 1. The van der Waals surface area contributed by atoms with Gasteiger partial charge in [0.2, 0.25) is 5.91 Å². The van der Waals surface area contributed by atoms with E-state index in [2.05, 4.69) is 15.5 Å². The van der Waals surface area contributed by atoms with Crippen LogP contribution in [0.3, 0.4) is 0 Å². The second-order valence-corrected chi connectivity index (χ2v) is 6.14. The lowest BCUT2D eigenvalue weighted by Gasteiger charge is -2.09. The Bertz CT molecular complexity index is 1260. The summed E-state index contributed by atoms with van der Waals surface area (Å²) in [6, 6.07) is 12.6. The molecule has 26 heavy (non-hydrogen) atoms. The highest BCUT2D eigenvalue weighted by Gasteiger charge is 2.13. The number of hydrogen-bond donors (Lipinski definition) is 3. The Hall–Kier alpha value is -3.61. The molecular weight excluding hydrogens is 332 g/mol. The van der Waals surface area contributed by atoms with Gasteiger partial charge in [-0.1, -0.05) is 24.3 Å². The van der Waals surface area contributed by atoms with E-state index in [1.54, 1.807) is 18.2 Å². The first-order chi connectivity index (χ1) is 12.5. The molecule has 4 aromatic rings. The molecule has 0 aliphatic carbocycles. The van der Waals surface area contributed by atoms with Gasteiger partial charge in [-0.3, -0.25) is 24.6 Å². The molecule has 3 N–H and O–H groups in total. The maximum absolute atomic E-state index is 12.5. The minimum Gasteiger partial charge on any atom is -0.338 e. The molecule has 1 amide bonds. The van der Waals surface area contributed by atoms with Gasteiger partial charge >= 0.3 is 0 Å². The molecular formula is C19H16N4O3. The largest absolute Gasteiger partial charge is 0.338 e. The Balaban J connectivity index is 1.69. The van der Waals surface area contributed by atoms with E-state index in [1.807, 2.05) is 42.0 Å². The molecule has 0 fully saturated rings. The fourth-order valence-electron chi connectivity index (χ4n) is 3.24. The van der Waals surface area contributed by atoms with Crippen molar-refractivity contribution in [2.45, 2.75) is 13.5 Å². The molecule has 7 heteroatoms. The molecule has 2 heterocycles. The molecule has 130 valence electrons. The Morgan fingerprint density at radius 3 is 2.58 bits per heavy atom. The van der Waals surface area contributed by atoms with Gasteiger partial charge in [-0.2, -0.15) is 0 Å². The highest BCUT2D eigenvalue weighted by atomic mass is 16.2. The summed E-state index contributed by atoms with van der Waals surface area (Å²) in [6.45, 7) is 2.10. The quantitative estimate of drug-likeness (QED) is 0.529. The van der Waals surface area contributed by atoms with Crippen LogP contribution < -0.4 is 16.4 Å². The minimum atomic E-state index is -0.460. The van der Waals surface area contributed by atoms with Crippen molar-refractivity contribution in [2.75, 3.05) is 5.32 Å². The number of carbonyl (C=O) groups excluding carboxylic acids is 1. The summed E-state index contributed by atoms with van der Waals surface area (Å²) in [7, 11) is 0. The number of nitrogens with one attached hydrogen (secondary N) is 3. The molecule has 0 radical (unpaired) electrons. The molecule has 0 atom stereocenters. The average Bonchev–Trinajstić information content (AvgIpc) is 2.94. The Morgan fingerprint density at radius 1 is 1.00 bits per heavy atom. The highest BCUT2D eigenvalue weighted by Crippen LogP contribution is 2.21. The molecule has 7 nitrogen and oxygen atoms in total. The zero-order chi connectivity index (χ0) is 18.3. The van der Waals surface area contributed by atoms with Crippen LogP contribution in [0.4, 0.5) is 5.69 Å². The average molecular weight is 348 g/mol. The summed E-state index contributed by atoms with van der Waals surface area (Å²) in [5, 5.41) is 8.79. The van der Waals surface area contributed by atoms with Gasteiger partial charge in [-0.15, -0.1) is 0 Å². The molecule has 2 aromatic carbocycles. The molecule has 0 spiro atoms. The molecule has 2 aromatic heterocycles. The van der Waals surface area contributed by atoms with Gasteiger partial charge in [-0.05, 0) is 30.7 Å². The van der Waals surface area contributed by atoms with Crippen LogP contribution in [0.2, 0.25) is 0 Å². The predicted octanol–water partition coefficient (Wildman–Crippen LogP) is 2.12. The fourth-order valence-corrected chi connectivity index (χ4v) is 3.24. The molecule has 0 aliphatic rings. The topological polar surface area (TPSA) is 99.8 Å². The van der Waals surface area contributed by atoms with Gasteiger partial charge in [0.1, 0.15) is 6.54 Å². The number of H-pyrrole nitrogens is 2. The van der Waals surface area contributed by atoms with E-state index >= 15 is 0 Å². The van der Waals surface area contributed by atoms with Gasteiger partial charge in [0.15, 0.2) is 0 Å². The second kappa shape index (κ2) is 6.03. The third kappa shape index (κ3) is 2.59. The van der Waals surface area contributed by atoms with Gasteiger partial charge in [0, 0.05) is 17.1 Å². The lowest BCUT2D eigenvalue weighted by Crippen LogP contribution is -2.23. The Morgan fingerprint density at radius 2 is 1.73 bits per heavy atom. The smallest absolute Gasteiger partial charge is 0.272 e. The van der Waals surface area contributed by atoms with Crippen LogP contribution in [-0.2, 0) is 11.3 Å². The molecule has 0 aliphatic heterocycles. The number of benzene rings is 2. The lowest BCUT2D eigenvalue weighted by molar-refractivity contribution is -0.116. The van der Waals surface area contributed by atoms with Crippen molar-refractivity contribution >= 4 is 33.3 Å². The highest BCUT2D eigenvalue weighted by molar-refractivity contribution is 6.01. The van der Waals surface area contributed by atoms with E-state index < -0.39 is 11.1 Å². The predicted molar refractivity (Wildman–Crippen MR) is 100 cm³/mol. The fraction of sp³-hybridized carbons (Fsp3) is 0.105. The third-order valence-corrected chi connectivity index (χ3v) is 4.40. The van der Waals surface area contributed by atoms with Crippen molar-refractivity contribution in [3.05, 3.63) is 74.9 Å². The summed E-state index contributed by atoms with van der Waals surface area (Å²) < 4.78 is 1.86. The van der Waals surface area contributed by atoms with Crippen LogP contribution >= 0.6 is 0 Å². The van der Waals surface area contributed by atoms with Crippen molar-refractivity contribution < 1.29 is 4.79 Å². The number of fused-ring (bicyclic) bond motifs is 2. The zero-order valence-corrected chi connectivity index (χ0v) is 14.0. The second-order valence-electron chi connectivity index (χ2n) is 6.14. The number of aromatic nitrogens is 3. The van der Waals surface area contributed by atoms with Gasteiger partial charge in [0.25, 0.3) is 11.1 Å². The van der Waals surface area contributed by atoms with Crippen molar-refractivity contribution in [2.24, 2.45) is 0 Å². The first-order valence-electron chi connectivity index (χ1n) is 8.12. The number of amides is 1. The van der Waals surface area contributed by atoms with E-state index in [0.717, 1.165) is 16.5 Å². The summed E-state index contributed by atoms with van der Waals surface area (Å²) in [5.74, 6) is -0.280. The van der Waals surface area contributed by atoms with Crippen molar-refractivity contribution in [3.63, 3.8) is 0 Å². The first kappa shape index (κ1) is 15.9. The Labute approximate surface area is 147 Å². The summed E-state index contributed by atoms with van der Waals surface area (Å²) >= 11 is 0. The molecule has 0 saturated heterocycles. The summed E-state index contributed by atoms with van der Waals surface area (Å²) in [4.78, 5) is 36.5. The standard InChI is InChI=1S/C19H16N4O3/c1-11-9-23(15-8-3-2-5-12(11)15)10-16(24)20-14-7-4-6-13-17(14)19(26)22-21-18(13)25/h2-9H,10H2,1H3,(H,20,24)(H,21,25)(H,22,26). The molecule has 0 unspecified atom stereocenters. The van der Waals surface area contributed by atoms with E-state index in [-0.39, 0.29) is 23.2 Å². The SMILES string of the molecule is Cc1cn(CC(=O)Nc2cccc3c(=O)[nH][nH]c(=O)c23)c2ccccc12. The normalized spacial score (nSPS) is 11.1. The zero-order valence-electron chi connectivity index (χ0n) is 14.0. The van der Waals surface area contributed by atoms with Crippen molar-refractivity contribution in [3.8, 4) is 0 Å². The van der Waals surface area contributed by atoms with Crippen LogP contribution in [0.25, 0.3) is 21.7 Å². The van der Waals surface area contributed by atoms with Gasteiger partial charge in [0.05, 0.1) is 16.5 Å². The first-order valence-corrected chi connectivity index (χ1v) is 8.12. The van der Waals surface area contributed by atoms with E-state index in [9.17, 15) is 14.4 Å². The van der Waals surface area contributed by atoms with E-state index in [0.29, 0.717) is 5.69 Å². The molecule has 0 bridgehead atoms. The van der Waals surface area contributed by atoms with Crippen molar-refractivity contribution in [1.29, 1.82) is 0 Å². The monoisotopic (exact) mass is 348 g/mol. The molecule has 4 rings (SSSR count). The van der Waals surface area contributed by atoms with Crippen LogP contribution in [0.15, 0.2) is 58.3 Å². The van der Waals surface area contributed by atoms with Crippen LogP contribution in [-0.4, -0.2) is 20.7 Å². The summed E-state index contributed by atoms with van der Waals surface area (Å²) in [6.07, 6.45) is 1.92. The van der Waals surface area contributed by atoms with Gasteiger partial charge < -0.3 is 9.88 Å². The number of rotatable bonds is 3. The van der Waals surface area contributed by atoms with Crippen LogP contribution in [0.5, 0.6) is 0 Å². The summed E-state index contributed by atoms with van der Waals surface area (Å²) in [5.41, 5.74) is 1.49. The number of carbonyl (C=O) groups is 1.